The summed E-state index contributed by atoms with van der Waals surface area (Å²) in [6.07, 6.45) is -0.130. The molecule has 250 valence electrons. The number of hydrogen-bond donors (Lipinski definition) is 3. The first-order valence-electron chi connectivity index (χ1n) is 15.9. The smallest absolute Gasteiger partial charge is 0.255 e. The molecule has 3 aromatic rings. The number of halogens is 1. The van der Waals surface area contributed by atoms with Crippen LogP contribution in [0.25, 0.3) is 0 Å². The van der Waals surface area contributed by atoms with E-state index in [0.717, 1.165) is 16.7 Å². The number of aryl methyl sites for hydroxylation is 1. The first kappa shape index (κ1) is 35.3. The summed E-state index contributed by atoms with van der Waals surface area (Å²) in [5, 5.41) is 8.97. The van der Waals surface area contributed by atoms with Crippen LogP contribution in [0.2, 0.25) is 5.02 Å². The van der Waals surface area contributed by atoms with Gasteiger partial charge in [0.25, 0.3) is 5.91 Å². The van der Waals surface area contributed by atoms with Crippen LogP contribution in [-0.4, -0.2) is 73.5 Å². The molecule has 1 aliphatic heterocycles. The zero-order chi connectivity index (χ0) is 33.9. The molecule has 4 rings (SSSR count). The van der Waals surface area contributed by atoms with Crippen molar-refractivity contribution in [2.75, 3.05) is 32.8 Å². The highest BCUT2D eigenvalue weighted by molar-refractivity contribution is 6.31. The monoisotopic (exact) mass is 662 g/mol. The Morgan fingerprint density at radius 1 is 1.06 bits per heavy atom. The normalized spacial score (nSPS) is 17.6. The van der Waals surface area contributed by atoms with Crippen molar-refractivity contribution >= 4 is 35.2 Å². The molecule has 0 bridgehead atoms. The molecule has 1 aliphatic rings. The Hall–Kier alpha value is -4.57. The summed E-state index contributed by atoms with van der Waals surface area (Å²) in [6, 6.07) is 17.7. The van der Waals surface area contributed by atoms with Crippen LogP contribution in [0.15, 0.2) is 66.7 Å². The van der Waals surface area contributed by atoms with Gasteiger partial charge < -0.3 is 30.3 Å². The van der Waals surface area contributed by atoms with Crippen molar-refractivity contribution in [1.82, 2.24) is 20.9 Å². The zero-order valence-corrected chi connectivity index (χ0v) is 28.1. The van der Waals surface area contributed by atoms with Gasteiger partial charge in [-0.2, -0.15) is 0 Å². The molecule has 47 heavy (non-hydrogen) atoms. The third kappa shape index (κ3) is 9.71. The van der Waals surface area contributed by atoms with Crippen molar-refractivity contribution in [3.05, 3.63) is 94.0 Å². The summed E-state index contributed by atoms with van der Waals surface area (Å²) in [5.74, 6) is -0.795. The molecular formula is C36H43ClN4O6. The predicted molar refractivity (Wildman–Crippen MR) is 181 cm³/mol. The molecule has 3 aromatic carbocycles. The van der Waals surface area contributed by atoms with E-state index in [1.807, 2.05) is 70.2 Å². The highest BCUT2D eigenvalue weighted by atomic mass is 35.5. The fourth-order valence-electron chi connectivity index (χ4n) is 5.33. The van der Waals surface area contributed by atoms with E-state index in [1.54, 1.807) is 29.2 Å². The molecule has 10 nitrogen and oxygen atoms in total. The van der Waals surface area contributed by atoms with Gasteiger partial charge in [0.1, 0.15) is 36.8 Å². The first-order chi connectivity index (χ1) is 22.6. The number of likely N-dealkylation sites (N-methyl/N-ethyl adjacent to an activating group) is 1. The van der Waals surface area contributed by atoms with E-state index in [9.17, 15) is 19.2 Å². The van der Waals surface area contributed by atoms with Crippen LogP contribution < -0.4 is 25.4 Å². The molecule has 0 saturated carbocycles. The van der Waals surface area contributed by atoms with Crippen LogP contribution >= 0.6 is 11.6 Å². The average Bonchev–Trinajstić information content (AvgIpc) is 3.05. The van der Waals surface area contributed by atoms with Crippen molar-refractivity contribution in [3.63, 3.8) is 0 Å². The second-order valence-corrected chi connectivity index (χ2v) is 12.1. The Labute approximate surface area is 281 Å². The average molecular weight is 663 g/mol. The summed E-state index contributed by atoms with van der Waals surface area (Å²) < 4.78 is 12.0. The van der Waals surface area contributed by atoms with Gasteiger partial charge in [-0.05, 0) is 60.7 Å². The number of carbonyl (C=O) groups excluding carboxylic acids is 4. The molecule has 0 aromatic heterocycles. The molecule has 11 heteroatoms. The number of benzene rings is 3. The lowest BCUT2D eigenvalue weighted by atomic mass is 10.0. The number of carbonyl (C=O) groups is 4. The summed E-state index contributed by atoms with van der Waals surface area (Å²) in [6.45, 7) is 8.87. The molecule has 0 aliphatic carbocycles. The summed E-state index contributed by atoms with van der Waals surface area (Å²) in [4.78, 5) is 55.7. The minimum atomic E-state index is -1.24. The number of nitrogens with one attached hydrogen (secondary N) is 3. The number of rotatable bonds is 9. The summed E-state index contributed by atoms with van der Waals surface area (Å²) in [7, 11) is 0. The highest BCUT2D eigenvalue weighted by Gasteiger charge is 2.30. The van der Waals surface area contributed by atoms with Gasteiger partial charge in [0.05, 0.1) is 25.1 Å². The van der Waals surface area contributed by atoms with Gasteiger partial charge in [-0.1, -0.05) is 67.9 Å². The van der Waals surface area contributed by atoms with Gasteiger partial charge in [-0.3, -0.25) is 19.2 Å². The molecular weight excluding hydrogens is 620 g/mol. The molecule has 2 atom stereocenters. The molecule has 0 spiro atoms. The van der Waals surface area contributed by atoms with Crippen LogP contribution in [0.4, 0.5) is 0 Å². The lowest BCUT2D eigenvalue weighted by molar-refractivity contribution is -0.137. The van der Waals surface area contributed by atoms with Crippen molar-refractivity contribution in [2.24, 2.45) is 0 Å². The molecule has 0 saturated heterocycles. The van der Waals surface area contributed by atoms with Crippen LogP contribution in [0.3, 0.4) is 0 Å². The first-order valence-corrected chi connectivity index (χ1v) is 16.3. The van der Waals surface area contributed by atoms with Gasteiger partial charge in [0.2, 0.25) is 17.7 Å². The summed E-state index contributed by atoms with van der Waals surface area (Å²) >= 11 is 6.32. The van der Waals surface area contributed by atoms with E-state index in [1.165, 1.54) is 0 Å². The number of para-hydroxylation sites is 1. The molecule has 0 radical (unpaired) electrons. The fraction of sp³-hybridized carbons (Fsp3) is 0.389. The van der Waals surface area contributed by atoms with E-state index < -0.39 is 29.8 Å². The Balaban J connectivity index is 1.53. The zero-order valence-electron chi connectivity index (χ0n) is 27.3. The quantitative estimate of drug-likeness (QED) is 0.291. The van der Waals surface area contributed by atoms with E-state index >= 15 is 0 Å². The number of nitrogens with zero attached hydrogens (tertiary/aromatic N) is 1. The van der Waals surface area contributed by atoms with E-state index in [-0.39, 0.29) is 56.5 Å². The van der Waals surface area contributed by atoms with Gasteiger partial charge in [0.15, 0.2) is 0 Å². The minimum Gasteiger partial charge on any atom is -0.491 e. The second kappa shape index (κ2) is 16.8. The van der Waals surface area contributed by atoms with Crippen molar-refractivity contribution in [1.29, 1.82) is 0 Å². The van der Waals surface area contributed by atoms with Gasteiger partial charge in [-0.15, -0.1) is 0 Å². The minimum absolute atomic E-state index is 0.117. The Morgan fingerprint density at radius 3 is 2.51 bits per heavy atom. The molecule has 4 amide bonds. The maximum atomic E-state index is 13.7. The van der Waals surface area contributed by atoms with E-state index in [2.05, 4.69) is 16.0 Å². The second-order valence-electron chi connectivity index (χ2n) is 11.7. The van der Waals surface area contributed by atoms with Gasteiger partial charge in [0, 0.05) is 18.0 Å². The maximum absolute atomic E-state index is 13.7. The molecule has 0 fully saturated rings. The third-order valence-corrected chi connectivity index (χ3v) is 8.35. The van der Waals surface area contributed by atoms with Crippen molar-refractivity contribution in [2.45, 2.75) is 58.5 Å². The standard InChI is InChI=1S/C36H43ClN4O6/c1-5-41-16-18-47-31-14-10-9-13-26(31)34(43)40-29(22-33(42)39-30(36(41)45)20-25-11-7-6-8-12-25)35(44)38-15-17-46-32-19-24(4)28(37)21-27(32)23(2)3/h6-14,19,21,23,29-30H,5,15-18,20,22H2,1-4H3,(H,38,44)(H,39,42)(H,40,43)/t29-,30+/m0/s1. The lowest BCUT2D eigenvalue weighted by Crippen LogP contribution is -2.54. The number of fused-ring (bicyclic) bond motifs is 1. The Bertz CT molecular complexity index is 1560. The van der Waals surface area contributed by atoms with Crippen LogP contribution in [0, 0.1) is 6.92 Å². The SMILES string of the molecule is CCN1CCOc2ccccc2C(=O)N[C@H](C(=O)NCCOc2cc(C)c(Cl)cc2C(C)C)CC(=O)N[C@H](Cc2ccccc2)C1=O. The highest BCUT2D eigenvalue weighted by Crippen LogP contribution is 2.32. The molecule has 0 unspecified atom stereocenters. The maximum Gasteiger partial charge on any atom is 0.255 e. The number of ether oxygens (including phenoxy) is 2. The fourth-order valence-corrected chi connectivity index (χ4v) is 5.50. The topological polar surface area (TPSA) is 126 Å². The predicted octanol–water partition coefficient (Wildman–Crippen LogP) is 4.42. The largest absolute Gasteiger partial charge is 0.491 e. The lowest BCUT2D eigenvalue weighted by Gasteiger charge is -2.28. The van der Waals surface area contributed by atoms with Crippen molar-refractivity contribution in [3.8, 4) is 11.5 Å². The van der Waals surface area contributed by atoms with Crippen LogP contribution in [0.1, 0.15) is 60.2 Å². The Kier molecular flexibility index (Phi) is 12.6. The third-order valence-electron chi connectivity index (χ3n) is 7.94. The number of hydrogen-bond acceptors (Lipinski definition) is 6. The number of amides is 4. The van der Waals surface area contributed by atoms with Crippen LogP contribution in [-0.2, 0) is 20.8 Å². The molecule has 1 heterocycles. The van der Waals surface area contributed by atoms with Crippen molar-refractivity contribution < 1.29 is 28.7 Å². The summed E-state index contributed by atoms with van der Waals surface area (Å²) in [5.41, 5.74) is 2.90. The van der Waals surface area contributed by atoms with Crippen LogP contribution in [0.5, 0.6) is 11.5 Å². The Morgan fingerprint density at radius 2 is 1.79 bits per heavy atom. The van der Waals surface area contributed by atoms with Gasteiger partial charge in [-0.25, -0.2) is 0 Å². The van der Waals surface area contributed by atoms with E-state index in [0.29, 0.717) is 23.1 Å². The van der Waals surface area contributed by atoms with Gasteiger partial charge >= 0.3 is 0 Å². The molecule has 3 N–H and O–H groups in total. The van der Waals surface area contributed by atoms with E-state index in [4.69, 9.17) is 21.1 Å².